The van der Waals surface area contributed by atoms with Gasteiger partial charge in [-0.2, -0.15) is 0 Å². The Morgan fingerprint density at radius 1 is 1.58 bits per heavy atom. The first-order valence-electron chi connectivity index (χ1n) is 3.53. The molecule has 1 aromatic rings. The van der Waals surface area contributed by atoms with Crippen molar-refractivity contribution in [1.29, 1.82) is 0 Å². The molecule has 0 fully saturated rings. The van der Waals surface area contributed by atoms with Crippen LogP contribution in [-0.2, 0) is 0 Å². The highest BCUT2D eigenvalue weighted by molar-refractivity contribution is 5.11. The van der Waals surface area contributed by atoms with Crippen molar-refractivity contribution >= 4 is 0 Å². The summed E-state index contributed by atoms with van der Waals surface area (Å²) in [6.07, 6.45) is 10.5. The molecule has 0 spiro atoms. The molecular formula is C8H10N4. The van der Waals surface area contributed by atoms with Crippen LogP contribution in [0.1, 0.15) is 18.0 Å². The zero-order valence-corrected chi connectivity index (χ0v) is 6.57. The van der Waals surface area contributed by atoms with Gasteiger partial charge in [0.15, 0.2) is 0 Å². The molecule has 1 atom stereocenters. The molecule has 0 bridgehead atoms. The molecule has 1 rings (SSSR count). The van der Waals surface area contributed by atoms with Gasteiger partial charge in [0.05, 0.1) is 6.04 Å². The molecule has 0 aliphatic heterocycles. The lowest BCUT2D eigenvalue weighted by atomic mass is 10.1. The Labute approximate surface area is 71.2 Å². The van der Waals surface area contributed by atoms with Crippen LogP contribution in [0.2, 0.25) is 0 Å². The van der Waals surface area contributed by atoms with E-state index in [1.807, 2.05) is 0 Å². The Kier molecular flexibility index (Phi) is 3.20. The summed E-state index contributed by atoms with van der Waals surface area (Å²) >= 11 is 0. The van der Waals surface area contributed by atoms with Gasteiger partial charge >= 0.3 is 0 Å². The second-order valence-electron chi connectivity index (χ2n) is 2.30. The lowest BCUT2D eigenvalue weighted by Crippen LogP contribution is -2.27. The fourth-order valence-corrected chi connectivity index (χ4v) is 0.881. The highest BCUT2D eigenvalue weighted by Gasteiger charge is 2.07. The van der Waals surface area contributed by atoms with E-state index in [2.05, 4.69) is 21.3 Å². The van der Waals surface area contributed by atoms with Crippen molar-refractivity contribution in [1.82, 2.24) is 15.4 Å². The average molecular weight is 162 g/mol. The first-order valence-corrected chi connectivity index (χ1v) is 3.53. The van der Waals surface area contributed by atoms with Crippen molar-refractivity contribution in [2.45, 2.75) is 12.5 Å². The molecule has 1 unspecified atom stereocenters. The summed E-state index contributed by atoms with van der Waals surface area (Å²) in [5.74, 6) is 7.81. The van der Waals surface area contributed by atoms with Gasteiger partial charge in [-0.15, -0.1) is 12.3 Å². The quantitative estimate of drug-likeness (QED) is 0.373. The van der Waals surface area contributed by atoms with E-state index in [-0.39, 0.29) is 6.04 Å². The number of hydrazine groups is 1. The Balaban J connectivity index is 2.75. The van der Waals surface area contributed by atoms with Crippen LogP contribution in [0.5, 0.6) is 0 Å². The van der Waals surface area contributed by atoms with Crippen molar-refractivity contribution < 1.29 is 0 Å². The fourth-order valence-electron chi connectivity index (χ4n) is 0.881. The SMILES string of the molecule is C#CCC(NN)c1cncnc1. The maximum atomic E-state index is 5.29. The molecule has 12 heavy (non-hydrogen) atoms. The first kappa shape index (κ1) is 8.65. The molecule has 0 aliphatic carbocycles. The number of terminal acetylenes is 1. The van der Waals surface area contributed by atoms with Crippen LogP contribution in [0, 0.1) is 12.3 Å². The van der Waals surface area contributed by atoms with E-state index in [4.69, 9.17) is 12.3 Å². The fraction of sp³-hybridized carbons (Fsp3) is 0.250. The van der Waals surface area contributed by atoms with Gasteiger partial charge in [-0.25, -0.2) is 9.97 Å². The van der Waals surface area contributed by atoms with E-state index < -0.39 is 0 Å². The van der Waals surface area contributed by atoms with E-state index in [1.54, 1.807) is 12.4 Å². The Morgan fingerprint density at radius 2 is 2.25 bits per heavy atom. The van der Waals surface area contributed by atoms with Gasteiger partial charge in [-0.05, 0) is 0 Å². The molecule has 0 amide bonds. The van der Waals surface area contributed by atoms with Crippen LogP contribution in [0.25, 0.3) is 0 Å². The third-order valence-corrected chi connectivity index (χ3v) is 1.51. The molecule has 1 aromatic heterocycles. The number of hydrogen-bond acceptors (Lipinski definition) is 4. The molecule has 3 N–H and O–H groups in total. The van der Waals surface area contributed by atoms with Crippen LogP contribution in [0.15, 0.2) is 18.7 Å². The molecule has 0 radical (unpaired) electrons. The van der Waals surface area contributed by atoms with Crippen LogP contribution >= 0.6 is 0 Å². The van der Waals surface area contributed by atoms with Crippen molar-refractivity contribution in [3.63, 3.8) is 0 Å². The number of aromatic nitrogens is 2. The summed E-state index contributed by atoms with van der Waals surface area (Å²) in [4.78, 5) is 7.72. The number of hydrogen-bond donors (Lipinski definition) is 2. The molecule has 62 valence electrons. The Hall–Kier alpha value is -1.44. The van der Waals surface area contributed by atoms with Crippen molar-refractivity contribution in [3.05, 3.63) is 24.3 Å². The standard InChI is InChI=1S/C8H10N4/c1-2-3-8(12-9)7-4-10-6-11-5-7/h1,4-6,8,12H,3,9H2. The van der Waals surface area contributed by atoms with Crippen molar-refractivity contribution in [3.8, 4) is 12.3 Å². The Bertz CT molecular complexity index is 264. The lowest BCUT2D eigenvalue weighted by Gasteiger charge is -2.11. The summed E-state index contributed by atoms with van der Waals surface area (Å²) < 4.78 is 0. The molecule has 1 heterocycles. The van der Waals surface area contributed by atoms with E-state index in [9.17, 15) is 0 Å². The Morgan fingerprint density at radius 3 is 2.75 bits per heavy atom. The molecule has 0 aromatic carbocycles. The first-order chi connectivity index (χ1) is 5.88. The van der Waals surface area contributed by atoms with Crippen LogP contribution in [-0.4, -0.2) is 9.97 Å². The monoisotopic (exact) mass is 162 g/mol. The minimum absolute atomic E-state index is 0.0591. The van der Waals surface area contributed by atoms with Crippen molar-refractivity contribution in [2.24, 2.45) is 5.84 Å². The molecule has 4 heteroatoms. The lowest BCUT2D eigenvalue weighted by molar-refractivity contribution is 0.564. The topological polar surface area (TPSA) is 63.8 Å². The van der Waals surface area contributed by atoms with Crippen LogP contribution in [0.4, 0.5) is 0 Å². The van der Waals surface area contributed by atoms with E-state index in [0.29, 0.717) is 6.42 Å². The number of nitrogens with one attached hydrogen (secondary N) is 1. The maximum Gasteiger partial charge on any atom is 0.115 e. The molecule has 0 saturated carbocycles. The smallest absolute Gasteiger partial charge is 0.115 e. The summed E-state index contributed by atoms with van der Waals surface area (Å²) in [5.41, 5.74) is 3.50. The van der Waals surface area contributed by atoms with E-state index >= 15 is 0 Å². The predicted molar refractivity (Wildman–Crippen MR) is 45.5 cm³/mol. The van der Waals surface area contributed by atoms with Crippen molar-refractivity contribution in [2.75, 3.05) is 0 Å². The normalized spacial score (nSPS) is 12.0. The third-order valence-electron chi connectivity index (χ3n) is 1.51. The average Bonchev–Trinajstić information content (AvgIpc) is 2.15. The van der Waals surface area contributed by atoms with E-state index in [1.165, 1.54) is 6.33 Å². The van der Waals surface area contributed by atoms with Gasteiger partial charge in [0.1, 0.15) is 6.33 Å². The zero-order valence-electron chi connectivity index (χ0n) is 6.57. The van der Waals surface area contributed by atoms with Gasteiger partial charge in [0, 0.05) is 24.4 Å². The summed E-state index contributed by atoms with van der Waals surface area (Å²) in [7, 11) is 0. The van der Waals surface area contributed by atoms with Gasteiger partial charge in [-0.3, -0.25) is 11.3 Å². The van der Waals surface area contributed by atoms with Gasteiger partial charge in [-0.1, -0.05) is 0 Å². The molecule has 0 aliphatic rings. The highest BCUT2D eigenvalue weighted by atomic mass is 15.2. The summed E-state index contributed by atoms with van der Waals surface area (Å²) in [5, 5.41) is 0. The summed E-state index contributed by atoms with van der Waals surface area (Å²) in [6, 6.07) is -0.0591. The largest absolute Gasteiger partial charge is 0.271 e. The molecule has 0 saturated heterocycles. The minimum Gasteiger partial charge on any atom is -0.271 e. The highest BCUT2D eigenvalue weighted by Crippen LogP contribution is 2.11. The predicted octanol–water partition coefficient (Wildman–Crippen LogP) is 0.00430. The van der Waals surface area contributed by atoms with Gasteiger partial charge in [0.2, 0.25) is 0 Å². The second kappa shape index (κ2) is 4.44. The molecular weight excluding hydrogens is 152 g/mol. The minimum atomic E-state index is -0.0591. The number of nitrogens with zero attached hydrogens (tertiary/aromatic N) is 2. The van der Waals surface area contributed by atoms with Crippen LogP contribution in [0.3, 0.4) is 0 Å². The second-order valence-corrected chi connectivity index (χ2v) is 2.30. The van der Waals surface area contributed by atoms with E-state index in [0.717, 1.165) is 5.56 Å². The summed E-state index contributed by atoms with van der Waals surface area (Å²) in [6.45, 7) is 0. The third kappa shape index (κ3) is 2.02. The number of nitrogens with two attached hydrogens (primary N) is 1. The zero-order chi connectivity index (χ0) is 8.81. The number of rotatable bonds is 3. The van der Waals surface area contributed by atoms with Crippen LogP contribution < -0.4 is 11.3 Å². The van der Waals surface area contributed by atoms with Gasteiger partial charge < -0.3 is 0 Å². The van der Waals surface area contributed by atoms with Gasteiger partial charge in [0.25, 0.3) is 0 Å². The molecule has 4 nitrogen and oxygen atoms in total. The maximum absolute atomic E-state index is 5.29.